The molecule has 0 fully saturated rings. The molecule has 2 unspecified atom stereocenters. The van der Waals surface area contributed by atoms with Crippen molar-refractivity contribution in [1.82, 2.24) is 10.2 Å². The Morgan fingerprint density at radius 1 is 1.10 bits per heavy atom. The number of aliphatic hydroxyl groups is 1. The number of rotatable bonds is 7. The van der Waals surface area contributed by atoms with E-state index in [-0.39, 0.29) is 6.04 Å². The van der Waals surface area contributed by atoms with Crippen LogP contribution in [-0.2, 0) is 0 Å². The Kier molecular flexibility index (Phi) is 5.74. The van der Waals surface area contributed by atoms with Gasteiger partial charge in [-0.3, -0.25) is 0 Å². The van der Waals surface area contributed by atoms with Crippen LogP contribution < -0.4 is 5.32 Å². The number of fused-ring (bicyclic) bond motifs is 1. The van der Waals surface area contributed by atoms with Gasteiger partial charge in [-0.25, -0.2) is 0 Å². The molecule has 0 heterocycles. The summed E-state index contributed by atoms with van der Waals surface area (Å²) in [5.41, 5.74) is 0.973. The second kappa shape index (κ2) is 7.55. The maximum Gasteiger partial charge on any atom is 0.0940 e. The van der Waals surface area contributed by atoms with E-state index >= 15 is 0 Å². The Balaban J connectivity index is 1.95. The largest absolute Gasteiger partial charge is 0.387 e. The van der Waals surface area contributed by atoms with Crippen molar-refractivity contribution in [3.8, 4) is 0 Å². The highest BCUT2D eigenvalue weighted by Crippen LogP contribution is 2.22. The normalized spacial score (nSPS) is 14.5. The monoisotopic (exact) mass is 286 g/mol. The zero-order chi connectivity index (χ0) is 15.2. The van der Waals surface area contributed by atoms with Crippen LogP contribution in [0.25, 0.3) is 10.8 Å². The average Bonchev–Trinajstić information content (AvgIpc) is 2.50. The fourth-order valence-corrected chi connectivity index (χ4v) is 2.52. The second-order valence-electron chi connectivity index (χ2n) is 5.95. The molecule has 0 aromatic heterocycles. The molecule has 0 spiro atoms. The first-order valence-corrected chi connectivity index (χ1v) is 7.63. The lowest BCUT2D eigenvalue weighted by molar-refractivity contribution is 0.136. The predicted octanol–water partition coefficient (Wildman–Crippen LogP) is 2.80. The summed E-state index contributed by atoms with van der Waals surface area (Å²) in [4.78, 5) is 2.17. The minimum atomic E-state index is -0.478. The fourth-order valence-electron chi connectivity index (χ4n) is 2.52. The minimum Gasteiger partial charge on any atom is -0.387 e. The molecule has 2 atom stereocenters. The van der Waals surface area contributed by atoms with Gasteiger partial charge in [0, 0.05) is 6.04 Å². The highest BCUT2D eigenvalue weighted by atomic mass is 16.3. The summed E-state index contributed by atoms with van der Waals surface area (Å²) in [5.74, 6) is 0. The van der Waals surface area contributed by atoms with Crippen LogP contribution in [0.2, 0.25) is 0 Å². The molecule has 0 bridgehead atoms. The quantitative estimate of drug-likeness (QED) is 0.768. The van der Waals surface area contributed by atoms with Crippen LogP contribution in [0.15, 0.2) is 42.5 Å². The van der Waals surface area contributed by atoms with E-state index in [1.807, 2.05) is 25.1 Å². The molecule has 0 aliphatic rings. The average molecular weight is 286 g/mol. The van der Waals surface area contributed by atoms with Crippen molar-refractivity contribution in [3.05, 3.63) is 48.0 Å². The predicted molar refractivity (Wildman–Crippen MR) is 89.5 cm³/mol. The Morgan fingerprint density at radius 3 is 2.52 bits per heavy atom. The lowest BCUT2D eigenvalue weighted by Crippen LogP contribution is -2.34. The highest BCUT2D eigenvalue weighted by Gasteiger charge is 2.15. The van der Waals surface area contributed by atoms with E-state index in [0.717, 1.165) is 25.1 Å². The molecule has 2 aromatic rings. The standard InChI is InChI=1S/C18H26N2O/c1-14(19-11-6-12-20(2)3)18(21)17-10-9-15-7-4-5-8-16(15)13-17/h4-5,7-10,13-14,18-19,21H,6,11-12H2,1-3H3. The molecule has 0 saturated carbocycles. The van der Waals surface area contributed by atoms with Crippen LogP contribution in [0.1, 0.15) is 25.0 Å². The summed E-state index contributed by atoms with van der Waals surface area (Å²) in [6.07, 6.45) is 0.607. The highest BCUT2D eigenvalue weighted by molar-refractivity contribution is 5.83. The van der Waals surface area contributed by atoms with Crippen LogP contribution in [0.5, 0.6) is 0 Å². The van der Waals surface area contributed by atoms with Gasteiger partial charge < -0.3 is 15.3 Å². The van der Waals surface area contributed by atoms with Crippen LogP contribution in [0, 0.1) is 0 Å². The molecular formula is C18H26N2O. The number of nitrogens with one attached hydrogen (secondary N) is 1. The van der Waals surface area contributed by atoms with E-state index in [0.29, 0.717) is 0 Å². The van der Waals surface area contributed by atoms with Gasteiger partial charge in [0.2, 0.25) is 0 Å². The number of hydrogen-bond donors (Lipinski definition) is 2. The van der Waals surface area contributed by atoms with Gasteiger partial charge in [0.05, 0.1) is 6.10 Å². The Labute approximate surface area is 127 Å². The zero-order valence-corrected chi connectivity index (χ0v) is 13.2. The van der Waals surface area contributed by atoms with Gasteiger partial charge in [-0.15, -0.1) is 0 Å². The van der Waals surface area contributed by atoms with E-state index in [2.05, 4.69) is 48.6 Å². The van der Waals surface area contributed by atoms with Crippen molar-refractivity contribution in [3.63, 3.8) is 0 Å². The van der Waals surface area contributed by atoms with Crippen molar-refractivity contribution in [1.29, 1.82) is 0 Å². The van der Waals surface area contributed by atoms with Gasteiger partial charge in [0.15, 0.2) is 0 Å². The molecule has 2 N–H and O–H groups in total. The number of nitrogens with zero attached hydrogens (tertiary/aromatic N) is 1. The van der Waals surface area contributed by atoms with Crippen molar-refractivity contribution >= 4 is 10.8 Å². The summed E-state index contributed by atoms with van der Waals surface area (Å²) in [6, 6.07) is 14.5. The summed E-state index contributed by atoms with van der Waals surface area (Å²) in [5, 5.41) is 16.3. The summed E-state index contributed by atoms with van der Waals surface area (Å²) in [7, 11) is 4.15. The topological polar surface area (TPSA) is 35.5 Å². The smallest absolute Gasteiger partial charge is 0.0940 e. The second-order valence-corrected chi connectivity index (χ2v) is 5.95. The number of aliphatic hydroxyl groups excluding tert-OH is 1. The van der Waals surface area contributed by atoms with Gasteiger partial charge in [-0.1, -0.05) is 36.4 Å². The number of benzene rings is 2. The summed E-state index contributed by atoms with van der Waals surface area (Å²) < 4.78 is 0. The van der Waals surface area contributed by atoms with Gasteiger partial charge in [-0.05, 0) is 62.9 Å². The van der Waals surface area contributed by atoms with E-state index in [1.165, 1.54) is 10.8 Å². The molecule has 114 valence electrons. The number of hydrogen-bond acceptors (Lipinski definition) is 3. The van der Waals surface area contributed by atoms with Crippen LogP contribution in [-0.4, -0.2) is 43.2 Å². The first-order chi connectivity index (χ1) is 10.1. The fraction of sp³-hybridized carbons (Fsp3) is 0.444. The third-order valence-electron chi connectivity index (χ3n) is 3.84. The van der Waals surface area contributed by atoms with Crippen LogP contribution in [0.4, 0.5) is 0 Å². The maximum atomic E-state index is 10.5. The third-order valence-corrected chi connectivity index (χ3v) is 3.84. The van der Waals surface area contributed by atoms with E-state index in [4.69, 9.17) is 0 Å². The van der Waals surface area contributed by atoms with Gasteiger partial charge >= 0.3 is 0 Å². The van der Waals surface area contributed by atoms with E-state index in [9.17, 15) is 5.11 Å². The molecule has 2 aromatic carbocycles. The molecule has 3 nitrogen and oxygen atoms in total. The van der Waals surface area contributed by atoms with Crippen molar-refractivity contribution in [2.45, 2.75) is 25.5 Å². The molecule has 0 radical (unpaired) electrons. The van der Waals surface area contributed by atoms with Crippen LogP contribution in [0.3, 0.4) is 0 Å². The Bertz CT molecular complexity index is 568. The van der Waals surface area contributed by atoms with Crippen molar-refractivity contribution in [2.75, 3.05) is 27.2 Å². The first-order valence-electron chi connectivity index (χ1n) is 7.63. The van der Waals surface area contributed by atoms with E-state index in [1.54, 1.807) is 0 Å². The van der Waals surface area contributed by atoms with Crippen molar-refractivity contribution in [2.24, 2.45) is 0 Å². The Morgan fingerprint density at radius 2 is 1.81 bits per heavy atom. The molecule has 21 heavy (non-hydrogen) atoms. The van der Waals surface area contributed by atoms with Gasteiger partial charge in [-0.2, -0.15) is 0 Å². The molecule has 0 saturated heterocycles. The van der Waals surface area contributed by atoms with E-state index < -0.39 is 6.10 Å². The Hall–Kier alpha value is -1.42. The summed E-state index contributed by atoms with van der Waals surface area (Å²) in [6.45, 7) is 4.02. The molecule has 3 heteroatoms. The molecule has 0 amide bonds. The molecule has 0 aliphatic heterocycles. The first kappa shape index (κ1) is 16.0. The summed E-state index contributed by atoms with van der Waals surface area (Å²) >= 11 is 0. The molecule has 0 aliphatic carbocycles. The third kappa shape index (κ3) is 4.53. The zero-order valence-electron chi connectivity index (χ0n) is 13.2. The lowest BCUT2D eigenvalue weighted by Gasteiger charge is -2.21. The maximum absolute atomic E-state index is 10.5. The van der Waals surface area contributed by atoms with Gasteiger partial charge in [0.25, 0.3) is 0 Å². The van der Waals surface area contributed by atoms with Crippen molar-refractivity contribution < 1.29 is 5.11 Å². The SMILES string of the molecule is CC(NCCCN(C)C)C(O)c1ccc2ccccc2c1. The molecular weight excluding hydrogens is 260 g/mol. The van der Waals surface area contributed by atoms with Gasteiger partial charge in [0.1, 0.15) is 0 Å². The molecule has 2 rings (SSSR count). The van der Waals surface area contributed by atoms with Crippen LogP contribution >= 0.6 is 0 Å². The minimum absolute atomic E-state index is 0.0494. The lowest BCUT2D eigenvalue weighted by atomic mass is 9.99.